The summed E-state index contributed by atoms with van der Waals surface area (Å²) in [4.78, 5) is 23.3. The van der Waals surface area contributed by atoms with Crippen LogP contribution in [-0.4, -0.2) is 18.9 Å². The summed E-state index contributed by atoms with van der Waals surface area (Å²) in [6.45, 7) is 3.63. The van der Waals surface area contributed by atoms with E-state index in [0.717, 1.165) is 24.8 Å². The fourth-order valence-corrected chi connectivity index (χ4v) is 3.02. The maximum absolute atomic E-state index is 11.8. The summed E-state index contributed by atoms with van der Waals surface area (Å²) in [5.41, 5.74) is 1.26. The lowest BCUT2D eigenvalue weighted by Crippen LogP contribution is -2.31. The van der Waals surface area contributed by atoms with Gasteiger partial charge in [0, 0.05) is 11.0 Å². The lowest BCUT2D eigenvalue weighted by atomic mass is 9.68. The molecule has 0 saturated heterocycles. The molecule has 0 spiro atoms. The zero-order valence-corrected chi connectivity index (χ0v) is 10.6. The fraction of sp³-hybridized carbons (Fsp3) is 0.571. The maximum Gasteiger partial charge on any atom is 0.334 e. The van der Waals surface area contributed by atoms with Crippen molar-refractivity contribution in [1.82, 2.24) is 0 Å². The van der Waals surface area contributed by atoms with E-state index in [-0.39, 0.29) is 17.2 Å². The number of methoxy groups -OCH3 is 1. The van der Waals surface area contributed by atoms with Crippen LogP contribution < -0.4 is 0 Å². The Kier molecular flexibility index (Phi) is 2.94. The van der Waals surface area contributed by atoms with Crippen LogP contribution in [0.5, 0.6) is 0 Å². The third kappa shape index (κ3) is 1.84. The van der Waals surface area contributed by atoms with Crippen LogP contribution in [0.4, 0.5) is 0 Å². The predicted molar refractivity (Wildman–Crippen MR) is 64.3 cm³/mol. The zero-order chi connectivity index (χ0) is 12.6. The van der Waals surface area contributed by atoms with E-state index < -0.39 is 0 Å². The van der Waals surface area contributed by atoms with Crippen molar-refractivity contribution in [3.63, 3.8) is 0 Å². The molecule has 0 saturated carbocycles. The van der Waals surface area contributed by atoms with Gasteiger partial charge >= 0.3 is 5.97 Å². The van der Waals surface area contributed by atoms with Gasteiger partial charge in [0.25, 0.3) is 0 Å². The summed E-state index contributed by atoms with van der Waals surface area (Å²) < 4.78 is 4.84. The van der Waals surface area contributed by atoms with Crippen LogP contribution in [0.2, 0.25) is 0 Å². The second-order valence-corrected chi connectivity index (χ2v) is 5.10. The number of esters is 1. The average molecular weight is 234 g/mol. The summed E-state index contributed by atoms with van der Waals surface area (Å²) in [6, 6.07) is 0. The van der Waals surface area contributed by atoms with Crippen LogP contribution in [0.3, 0.4) is 0 Å². The van der Waals surface area contributed by atoms with Crippen molar-refractivity contribution in [3.05, 3.63) is 23.3 Å². The summed E-state index contributed by atoms with van der Waals surface area (Å²) >= 11 is 0. The number of hydrogen-bond acceptors (Lipinski definition) is 3. The van der Waals surface area contributed by atoms with Gasteiger partial charge in [0.2, 0.25) is 0 Å². The monoisotopic (exact) mass is 234 g/mol. The average Bonchev–Trinajstić information content (AvgIpc) is 2.65. The molecule has 0 aromatic carbocycles. The first-order chi connectivity index (χ1) is 7.99. The number of Topliss-reactive ketones (excluding diaryl/α,β-unsaturated/α-hetero) is 1. The molecule has 0 bridgehead atoms. The molecule has 0 aromatic rings. The lowest BCUT2D eigenvalue weighted by Gasteiger charge is -2.35. The quantitative estimate of drug-likeness (QED) is 0.689. The van der Waals surface area contributed by atoms with Crippen molar-refractivity contribution in [2.75, 3.05) is 7.11 Å². The molecule has 0 aliphatic heterocycles. The van der Waals surface area contributed by atoms with E-state index in [4.69, 9.17) is 4.74 Å². The lowest BCUT2D eigenvalue weighted by molar-refractivity contribution is -0.137. The standard InChI is InChI=1S/C14H18O3/c1-9(15)10-7-11-5-4-6-12(13(16)17-3)14(11,2)8-10/h6,8,11H,4-5,7H2,1-3H3/t11-,14+/m1/s1. The SMILES string of the molecule is COC(=O)C1=CCC[C@@H]2CC(C(C)=O)=C[C@]12C. The molecular weight excluding hydrogens is 216 g/mol. The molecule has 0 N–H and O–H groups in total. The second-order valence-electron chi connectivity index (χ2n) is 5.10. The Labute approximate surface area is 102 Å². The van der Waals surface area contributed by atoms with Crippen molar-refractivity contribution in [3.8, 4) is 0 Å². The van der Waals surface area contributed by atoms with Crippen molar-refractivity contribution in [2.24, 2.45) is 11.3 Å². The molecule has 0 radical (unpaired) electrons. The number of rotatable bonds is 2. The van der Waals surface area contributed by atoms with Crippen LogP contribution in [0, 0.1) is 11.3 Å². The molecular formula is C14H18O3. The first-order valence-electron chi connectivity index (χ1n) is 6.00. The van der Waals surface area contributed by atoms with Gasteiger partial charge in [0.15, 0.2) is 5.78 Å². The third-order valence-corrected chi connectivity index (χ3v) is 4.09. The molecule has 2 rings (SSSR count). The highest BCUT2D eigenvalue weighted by Gasteiger charge is 2.45. The highest BCUT2D eigenvalue weighted by Crippen LogP contribution is 2.51. The van der Waals surface area contributed by atoms with Gasteiger partial charge in [-0.2, -0.15) is 0 Å². The number of ether oxygens (including phenoxy) is 1. The second kappa shape index (κ2) is 4.13. The van der Waals surface area contributed by atoms with Crippen LogP contribution >= 0.6 is 0 Å². The molecule has 0 aromatic heterocycles. The number of carbonyl (C=O) groups is 2. The van der Waals surface area contributed by atoms with Gasteiger partial charge in [0.1, 0.15) is 0 Å². The smallest absolute Gasteiger partial charge is 0.334 e. The van der Waals surface area contributed by atoms with Crippen LogP contribution in [-0.2, 0) is 14.3 Å². The Hall–Kier alpha value is -1.38. The number of carbonyl (C=O) groups excluding carboxylic acids is 2. The number of allylic oxidation sites excluding steroid dienone is 3. The van der Waals surface area contributed by atoms with E-state index in [1.807, 2.05) is 19.1 Å². The van der Waals surface area contributed by atoms with Crippen LogP contribution in [0.1, 0.15) is 33.1 Å². The summed E-state index contributed by atoms with van der Waals surface area (Å²) in [5, 5.41) is 0. The summed E-state index contributed by atoms with van der Waals surface area (Å²) in [6.07, 6.45) is 6.65. The molecule has 2 aliphatic carbocycles. The zero-order valence-electron chi connectivity index (χ0n) is 10.6. The minimum Gasteiger partial charge on any atom is -0.466 e. The van der Waals surface area contributed by atoms with E-state index >= 15 is 0 Å². The number of fused-ring (bicyclic) bond motifs is 1. The minimum absolute atomic E-state index is 0.116. The molecule has 0 amide bonds. The van der Waals surface area contributed by atoms with E-state index in [0.29, 0.717) is 11.5 Å². The summed E-state index contributed by atoms with van der Waals surface area (Å²) in [5.74, 6) is 0.212. The van der Waals surface area contributed by atoms with Crippen molar-refractivity contribution >= 4 is 11.8 Å². The maximum atomic E-state index is 11.8. The van der Waals surface area contributed by atoms with Crippen molar-refractivity contribution in [1.29, 1.82) is 0 Å². The molecule has 0 unspecified atom stereocenters. The molecule has 2 atom stereocenters. The Morgan fingerprint density at radius 3 is 2.76 bits per heavy atom. The molecule has 3 nitrogen and oxygen atoms in total. The van der Waals surface area contributed by atoms with Gasteiger partial charge in [-0.05, 0) is 37.7 Å². The normalized spacial score (nSPS) is 31.4. The highest BCUT2D eigenvalue weighted by molar-refractivity contribution is 5.96. The fourth-order valence-electron chi connectivity index (χ4n) is 3.02. The minimum atomic E-state index is -0.313. The molecule has 17 heavy (non-hydrogen) atoms. The third-order valence-electron chi connectivity index (χ3n) is 4.09. The Bertz CT molecular complexity index is 431. The molecule has 3 heteroatoms. The van der Waals surface area contributed by atoms with Gasteiger partial charge in [0.05, 0.1) is 7.11 Å². The van der Waals surface area contributed by atoms with Crippen molar-refractivity contribution in [2.45, 2.75) is 33.1 Å². The van der Waals surface area contributed by atoms with Gasteiger partial charge in [-0.3, -0.25) is 4.79 Å². The van der Waals surface area contributed by atoms with Gasteiger partial charge < -0.3 is 4.74 Å². The Morgan fingerprint density at radius 2 is 2.18 bits per heavy atom. The van der Waals surface area contributed by atoms with E-state index in [2.05, 4.69) is 0 Å². The molecule has 0 fully saturated rings. The largest absolute Gasteiger partial charge is 0.466 e. The van der Waals surface area contributed by atoms with Crippen molar-refractivity contribution < 1.29 is 14.3 Å². The van der Waals surface area contributed by atoms with Gasteiger partial charge in [-0.25, -0.2) is 4.79 Å². The first-order valence-corrected chi connectivity index (χ1v) is 6.00. The predicted octanol–water partition coefficient (Wildman–Crippen LogP) is 2.42. The van der Waals surface area contributed by atoms with E-state index in [1.165, 1.54) is 7.11 Å². The Balaban J connectivity index is 2.40. The number of ketones is 1. The highest BCUT2D eigenvalue weighted by atomic mass is 16.5. The van der Waals surface area contributed by atoms with E-state index in [1.54, 1.807) is 6.92 Å². The van der Waals surface area contributed by atoms with Crippen LogP contribution in [0.25, 0.3) is 0 Å². The van der Waals surface area contributed by atoms with Gasteiger partial charge in [-0.15, -0.1) is 0 Å². The summed E-state index contributed by atoms with van der Waals surface area (Å²) in [7, 11) is 1.40. The first kappa shape index (κ1) is 12.1. The van der Waals surface area contributed by atoms with Gasteiger partial charge in [-0.1, -0.05) is 19.1 Å². The molecule has 0 heterocycles. The topological polar surface area (TPSA) is 43.4 Å². The van der Waals surface area contributed by atoms with Crippen LogP contribution in [0.15, 0.2) is 23.3 Å². The molecule has 92 valence electrons. The Morgan fingerprint density at radius 1 is 1.47 bits per heavy atom. The number of hydrogen-bond donors (Lipinski definition) is 0. The van der Waals surface area contributed by atoms with E-state index in [9.17, 15) is 9.59 Å². The molecule has 2 aliphatic rings.